The molecule has 0 fully saturated rings. The molecule has 0 aliphatic carbocycles. The molecule has 1 heterocycles. The van der Waals surface area contributed by atoms with Crippen LogP contribution in [0.3, 0.4) is 0 Å². The fraction of sp³-hybridized carbons (Fsp3) is 0.333. The highest BCUT2D eigenvalue weighted by Crippen LogP contribution is 2.31. The second-order valence-corrected chi connectivity index (χ2v) is 7.00. The van der Waals surface area contributed by atoms with E-state index >= 15 is 0 Å². The van der Waals surface area contributed by atoms with Gasteiger partial charge in [0.2, 0.25) is 5.91 Å². The number of alkyl halides is 3. The van der Waals surface area contributed by atoms with Crippen molar-refractivity contribution < 1.29 is 22.7 Å². The average Bonchev–Trinajstić information content (AvgIpc) is 3.11. The first-order valence-corrected chi connectivity index (χ1v) is 9.25. The molecule has 5 nitrogen and oxygen atoms in total. The van der Waals surface area contributed by atoms with E-state index in [1.807, 2.05) is 12.1 Å². The molecule has 2 aromatic carbocycles. The van der Waals surface area contributed by atoms with Crippen LogP contribution in [0.25, 0.3) is 0 Å². The Kier molecular flexibility index (Phi) is 6.10. The second-order valence-electron chi connectivity index (χ2n) is 7.00. The number of hydrogen-bond donors (Lipinski definition) is 2. The molecular weight excluding hydrogens is 383 g/mol. The molecule has 154 valence electrons. The molecular formula is C21H22F3N3O2. The SMILES string of the molecule is CC(C(=O)Nc1ccc(CCC2COC(N)=N2)cc1)c1cccc(C(F)(F)F)c1. The second kappa shape index (κ2) is 8.55. The molecule has 1 aliphatic heterocycles. The Balaban J connectivity index is 1.57. The molecule has 0 spiro atoms. The summed E-state index contributed by atoms with van der Waals surface area (Å²) in [6.45, 7) is 2.07. The first-order valence-electron chi connectivity index (χ1n) is 9.25. The van der Waals surface area contributed by atoms with Crippen LogP contribution in [0.15, 0.2) is 53.5 Å². The molecule has 29 heavy (non-hydrogen) atoms. The fourth-order valence-corrected chi connectivity index (χ4v) is 3.06. The van der Waals surface area contributed by atoms with Crippen LogP contribution in [0.4, 0.5) is 18.9 Å². The van der Waals surface area contributed by atoms with Crippen LogP contribution in [0.1, 0.15) is 36.0 Å². The molecule has 8 heteroatoms. The van der Waals surface area contributed by atoms with Gasteiger partial charge in [0.25, 0.3) is 6.02 Å². The molecule has 1 aliphatic rings. The first-order chi connectivity index (χ1) is 13.7. The van der Waals surface area contributed by atoms with Crippen LogP contribution in [0.5, 0.6) is 0 Å². The van der Waals surface area contributed by atoms with E-state index in [0.717, 1.165) is 30.5 Å². The van der Waals surface area contributed by atoms with Gasteiger partial charge in [0.1, 0.15) is 6.61 Å². The van der Waals surface area contributed by atoms with Crippen molar-refractivity contribution in [3.05, 3.63) is 65.2 Å². The number of amides is 1. The number of nitrogens with zero attached hydrogens (tertiary/aromatic N) is 1. The molecule has 1 amide bonds. The minimum absolute atomic E-state index is 0.0580. The third-order valence-corrected chi connectivity index (χ3v) is 4.83. The molecule has 2 atom stereocenters. The maximum atomic E-state index is 12.9. The van der Waals surface area contributed by atoms with Crippen LogP contribution in [0, 0.1) is 0 Å². The van der Waals surface area contributed by atoms with Gasteiger partial charge < -0.3 is 15.8 Å². The molecule has 0 bridgehead atoms. The molecule has 0 saturated carbocycles. The van der Waals surface area contributed by atoms with Crippen LogP contribution in [0.2, 0.25) is 0 Å². The number of benzene rings is 2. The summed E-state index contributed by atoms with van der Waals surface area (Å²) < 4.78 is 43.8. The molecule has 2 unspecified atom stereocenters. The quantitative estimate of drug-likeness (QED) is 0.760. The lowest BCUT2D eigenvalue weighted by atomic mass is 9.98. The number of halogens is 3. The van der Waals surface area contributed by atoms with Gasteiger partial charge in [-0.15, -0.1) is 0 Å². The first kappa shape index (κ1) is 20.7. The number of amidine groups is 1. The van der Waals surface area contributed by atoms with Crippen molar-refractivity contribution in [3.63, 3.8) is 0 Å². The summed E-state index contributed by atoms with van der Waals surface area (Å²) >= 11 is 0. The molecule has 3 rings (SSSR count). The van der Waals surface area contributed by atoms with Crippen LogP contribution < -0.4 is 11.1 Å². The van der Waals surface area contributed by atoms with E-state index < -0.39 is 17.7 Å². The highest BCUT2D eigenvalue weighted by molar-refractivity contribution is 5.95. The number of nitrogens with one attached hydrogen (secondary N) is 1. The third-order valence-electron chi connectivity index (χ3n) is 4.83. The largest absolute Gasteiger partial charge is 0.463 e. The van der Waals surface area contributed by atoms with E-state index in [1.54, 1.807) is 19.1 Å². The minimum atomic E-state index is -4.44. The highest BCUT2D eigenvalue weighted by Gasteiger charge is 2.31. The predicted molar refractivity (Wildman–Crippen MR) is 105 cm³/mol. The van der Waals surface area contributed by atoms with Crippen molar-refractivity contribution in [1.82, 2.24) is 0 Å². The average molecular weight is 405 g/mol. The van der Waals surface area contributed by atoms with E-state index in [2.05, 4.69) is 10.3 Å². The van der Waals surface area contributed by atoms with E-state index in [9.17, 15) is 18.0 Å². The van der Waals surface area contributed by atoms with Crippen molar-refractivity contribution in [2.45, 2.75) is 37.9 Å². The molecule has 0 aromatic heterocycles. The molecule has 0 saturated heterocycles. The topological polar surface area (TPSA) is 76.7 Å². The number of rotatable bonds is 6. The van der Waals surface area contributed by atoms with Gasteiger partial charge in [-0.25, -0.2) is 4.99 Å². The lowest BCUT2D eigenvalue weighted by Crippen LogP contribution is -2.19. The van der Waals surface area contributed by atoms with Gasteiger partial charge in [0.15, 0.2) is 0 Å². The number of ether oxygens (including phenoxy) is 1. The van der Waals surface area contributed by atoms with Gasteiger partial charge in [-0.1, -0.05) is 30.3 Å². The lowest BCUT2D eigenvalue weighted by Gasteiger charge is -2.15. The number of carbonyl (C=O) groups excluding carboxylic acids is 1. The zero-order valence-electron chi connectivity index (χ0n) is 15.9. The normalized spacial score (nSPS) is 17.4. The Labute approximate surface area is 166 Å². The van der Waals surface area contributed by atoms with Gasteiger partial charge in [-0.2, -0.15) is 13.2 Å². The third kappa shape index (κ3) is 5.49. The van der Waals surface area contributed by atoms with E-state index in [1.165, 1.54) is 12.1 Å². The molecule has 0 radical (unpaired) electrons. The van der Waals surface area contributed by atoms with Crippen molar-refractivity contribution in [2.24, 2.45) is 10.7 Å². The summed E-state index contributed by atoms with van der Waals surface area (Å²) in [5.41, 5.74) is 6.70. The van der Waals surface area contributed by atoms with Gasteiger partial charge in [-0.3, -0.25) is 4.79 Å². The van der Waals surface area contributed by atoms with Crippen molar-refractivity contribution in [2.75, 3.05) is 11.9 Å². The van der Waals surface area contributed by atoms with Crippen LogP contribution in [-0.2, 0) is 22.1 Å². The van der Waals surface area contributed by atoms with Crippen LogP contribution >= 0.6 is 0 Å². The maximum absolute atomic E-state index is 12.9. The lowest BCUT2D eigenvalue weighted by molar-refractivity contribution is -0.137. The minimum Gasteiger partial charge on any atom is -0.463 e. The number of hydrogen-bond acceptors (Lipinski definition) is 4. The Morgan fingerprint density at radius 1 is 1.28 bits per heavy atom. The van der Waals surface area contributed by atoms with E-state index in [0.29, 0.717) is 17.9 Å². The number of aryl methyl sites for hydroxylation is 1. The Hall–Kier alpha value is -3.03. The van der Waals surface area contributed by atoms with Gasteiger partial charge in [0, 0.05) is 5.69 Å². The maximum Gasteiger partial charge on any atom is 0.416 e. The number of carbonyl (C=O) groups is 1. The summed E-state index contributed by atoms with van der Waals surface area (Å²) in [6.07, 6.45) is -2.84. The highest BCUT2D eigenvalue weighted by atomic mass is 19.4. The van der Waals surface area contributed by atoms with E-state index in [4.69, 9.17) is 10.5 Å². The van der Waals surface area contributed by atoms with Crippen molar-refractivity contribution in [3.8, 4) is 0 Å². The van der Waals surface area contributed by atoms with Gasteiger partial charge in [-0.05, 0) is 49.1 Å². The Morgan fingerprint density at radius 3 is 2.62 bits per heavy atom. The summed E-state index contributed by atoms with van der Waals surface area (Å²) in [6, 6.07) is 12.4. The summed E-state index contributed by atoms with van der Waals surface area (Å²) in [4.78, 5) is 16.6. The number of aliphatic imine (C=N–C) groups is 1. The van der Waals surface area contributed by atoms with E-state index in [-0.39, 0.29) is 18.0 Å². The summed E-state index contributed by atoms with van der Waals surface area (Å²) in [7, 11) is 0. The number of anilines is 1. The zero-order chi connectivity index (χ0) is 21.0. The number of nitrogens with two attached hydrogens (primary N) is 1. The predicted octanol–water partition coefficient (Wildman–Crippen LogP) is 4.09. The van der Waals surface area contributed by atoms with Crippen molar-refractivity contribution in [1.29, 1.82) is 0 Å². The molecule has 3 N–H and O–H groups in total. The molecule has 2 aromatic rings. The monoisotopic (exact) mass is 405 g/mol. The van der Waals surface area contributed by atoms with Gasteiger partial charge >= 0.3 is 6.18 Å². The smallest absolute Gasteiger partial charge is 0.416 e. The summed E-state index contributed by atoms with van der Waals surface area (Å²) in [5, 5.41) is 2.75. The summed E-state index contributed by atoms with van der Waals surface area (Å²) in [5.74, 6) is -1.09. The van der Waals surface area contributed by atoms with Gasteiger partial charge in [0.05, 0.1) is 17.5 Å². The standard InChI is InChI=1S/C21H22F3N3O2/c1-13(15-3-2-4-16(11-15)21(22,23)24)19(28)26-17-8-5-14(6-9-17)7-10-18-12-29-20(25)27-18/h2-6,8-9,11,13,18H,7,10,12H2,1H3,(H2,25,27)(H,26,28). The zero-order valence-corrected chi connectivity index (χ0v) is 15.9. The Bertz CT molecular complexity index is 895. The Morgan fingerprint density at radius 2 is 2.00 bits per heavy atom. The van der Waals surface area contributed by atoms with Crippen molar-refractivity contribution >= 4 is 17.6 Å². The fourth-order valence-electron chi connectivity index (χ4n) is 3.06. The van der Waals surface area contributed by atoms with Crippen LogP contribution in [-0.4, -0.2) is 24.6 Å².